The second-order valence-electron chi connectivity index (χ2n) is 26.9. The molecule has 100 heavy (non-hydrogen) atoms. The van der Waals surface area contributed by atoms with E-state index in [1.165, 1.54) is 13.3 Å². The average Bonchev–Trinajstić information content (AvgIpc) is 1.65. The number of ether oxygens (including phenoxy) is 1. The zero-order valence-electron chi connectivity index (χ0n) is 58.5. The Labute approximate surface area is 588 Å². The number of hydrogen-bond acceptors (Lipinski definition) is 17. The second kappa shape index (κ2) is 44.3. The number of fused-ring (bicyclic) bond motifs is 1. The molecule has 0 saturated heterocycles. The maximum Gasteiger partial charge on any atom is 0.250 e. The number of para-hydroxylation sites is 1. The monoisotopic (exact) mass is 1390 g/mol. The summed E-state index contributed by atoms with van der Waals surface area (Å²) in [6.07, 6.45) is 4.99. The third-order valence-corrected chi connectivity index (χ3v) is 17.0. The van der Waals surface area contributed by atoms with Gasteiger partial charge in [-0.1, -0.05) is 117 Å². The number of ketones is 4. The number of aromatic amines is 2. The maximum absolute atomic E-state index is 14.7. The number of nitrogens with two attached hydrogens (primary N) is 3. The topological polar surface area (TPSA) is 416 Å². The number of carbonyl (C=O) groups is 11. The normalized spacial score (nSPS) is 13.2. The van der Waals surface area contributed by atoms with Crippen LogP contribution in [0.3, 0.4) is 0 Å². The van der Waals surface area contributed by atoms with Crippen molar-refractivity contribution >= 4 is 81.1 Å². The van der Waals surface area contributed by atoms with Crippen molar-refractivity contribution in [3.63, 3.8) is 0 Å². The zero-order valence-corrected chi connectivity index (χ0v) is 58.5. The van der Waals surface area contributed by atoms with Crippen LogP contribution in [0, 0.1) is 41.4 Å². The third kappa shape index (κ3) is 30.3. The van der Waals surface area contributed by atoms with Gasteiger partial charge in [0, 0.05) is 144 Å². The van der Waals surface area contributed by atoms with Crippen molar-refractivity contribution < 1.29 is 57.5 Å². The van der Waals surface area contributed by atoms with E-state index in [1.54, 1.807) is 80.8 Å². The van der Waals surface area contributed by atoms with Gasteiger partial charge in [0.25, 0.3) is 0 Å². The van der Waals surface area contributed by atoms with Gasteiger partial charge in [-0.15, -0.1) is 0 Å². The van der Waals surface area contributed by atoms with Crippen LogP contribution in [0.4, 0.5) is 5.69 Å². The highest BCUT2D eigenvalue weighted by Crippen LogP contribution is 2.26. The summed E-state index contributed by atoms with van der Waals surface area (Å²) in [7, 11) is 0. The molecule has 5 aromatic rings. The van der Waals surface area contributed by atoms with Gasteiger partial charge in [0.05, 0.1) is 36.4 Å². The lowest BCUT2D eigenvalue weighted by Gasteiger charge is -2.26. The van der Waals surface area contributed by atoms with Gasteiger partial charge in [0.15, 0.2) is 23.1 Å². The molecular weight excluding hydrogens is 1280 g/mol. The number of rotatable bonds is 49. The first-order chi connectivity index (χ1) is 47.3. The van der Waals surface area contributed by atoms with Crippen LogP contribution < -0.4 is 59.7 Å². The number of nitrogens with one attached hydrogen (secondary N) is 10. The van der Waals surface area contributed by atoms with Crippen LogP contribution in [0.25, 0.3) is 10.9 Å². The Hall–Kier alpha value is -8.82. The van der Waals surface area contributed by atoms with Gasteiger partial charge >= 0.3 is 0 Å². The lowest BCUT2D eigenvalue weighted by atomic mass is 9.84. The number of amides is 7. The van der Waals surface area contributed by atoms with Crippen LogP contribution in [0.2, 0.25) is 0 Å². The molecule has 0 aliphatic carbocycles. The Morgan fingerprint density at radius 2 is 1.16 bits per heavy atom. The molecule has 0 fully saturated rings. The smallest absolute Gasteiger partial charge is 0.250 e. The zero-order chi connectivity index (χ0) is 72.4. The van der Waals surface area contributed by atoms with Gasteiger partial charge in [-0.3, -0.25) is 52.7 Å². The molecule has 7 amide bonds. The quantitative estimate of drug-likeness (QED) is 0.0237. The van der Waals surface area contributed by atoms with Crippen molar-refractivity contribution in [1.82, 2.24) is 52.2 Å². The highest BCUT2D eigenvalue weighted by molar-refractivity contribution is 5.98. The first-order valence-corrected chi connectivity index (χ1v) is 34.5. The highest BCUT2D eigenvalue weighted by Gasteiger charge is 2.35. The minimum absolute atomic E-state index is 0. The minimum Gasteiger partial charge on any atom is -0.370 e. The molecular formula is C74H110N14O12. The van der Waals surface area contributed by atoms with Crippen LogP contribution in [0.15, 0.2) is 97.6 Å². The van der Waals surface area contributed by atoms with Gasteiger partial charge in [0.2, 0.25) is 41.4 Å². The fourth-order valence-electron chi connectivity index (χ4n) is 11.9. The molecule has 5 rings (SSSR count). The number of Topliss-reactive ketones (excluding diaryl/α,β-unsaturated/α-hetero) is 4. The summed E-state index contributed by atoms with van der Waals surface area (Å²) in [5.41, 5.74) is 20.8. The van der Waals surface area contributed by atoms with E-state index in [-0.39, 0.29) is 88.9 Å². The molecule has 0 unspecified atom stereocenters. The van der Waals surface area contributed by atoms with Crippen molar-refractivity contribution in [3.8, 4) is 0 Å². The third-order valence-electron chi connectivity index (χ3n) is 17.0. The Morgan fingerprint density at radius 1 is 0.560 bits per heavy atom. The number of H-pyrrole nitrogens is 2. The van der Waals surface area contributed by atoms with E-state index in [1.807, 2.05) is 24.3 Å². The predicted molar refractivity (Wildman–Crippen MR) is 385 cm³/mol. The number of nitrogens with zero attached hydrogens (tertiary/aromatic N) is 1. The summed E-state index contributed by atoms with van der Waals surface area (Å²) < 4.78 is 5.49. The number of imidazole rings is 1. The standard InChI is InChI=1S/C73H106N14O12.CH4/c1-45(2)29-51(30-46(3)4)33-64(90)61(36-56-41-79-44-82-56)84-67(93)24-22-62(88)70(47(5)6)87-71(96)48(7)31-63(89)60(34-53-40-80-58-16-12-11-15-57(53)58)86-73(98)52(19-23-66(76)92)35-65(91)59(32-49-13-9-8-10-14-49)85-69(95)43-99-42-68(94)83-55-20-17-50(18-21-55)37-81-72(97)54(38-77-27-25-74)39-78-28-26-75;/h8-18,20-21,40-41,44-48,51-52,54,59-61,70,77-78,80H,19,22-39,42-43,74-75H2,1-7H3,(H2,76,92)(H,79,82)(H,81,97)(H,83,94)(H,84,93)(H,85,95)(H,86,98)(H,87,96);1H4/t48-,52-,59-,60+,61+,70+;/m1./s1. The molecule has 0 bridgehead atoms. The number of carbonyl (C=O) groups excluding carboxylic acids is 11. The van der Waals surface area contributed by atoms with Gasteiger partial charge in [-0.25, -0.2) is 4.98 Å². The average molecular weight is 1390 g/mol. The Kier molecular flexibility index (Phi) is 37.1. The Balaban J connectivity index is 0.0000212. The van der Waals surface area contributed by atoms with Gasteiger partial charge in [0.1, 0.15) is 13.2 Å². The number of aromatic nitrogens is 3. The van der Waals surface area contributed by atoms with Crippen molar-refractivity contribution in [3.05, 3.63) is 120 Å². The fourth-order valence-corrected chi connectivity index (χ4v) is 11.9. The van der Waals surface area contributed by atoms with Crippen molar-refractivity contribution in [1.29, 1.82) is 0 Å². The lowest BCUT2D eigenvalue weighted by molar-refractivity contribution is -0.136. The Bertz CT molecular complexity index is 3370. The van der Waals surface area contributed by atoms with Crippen LogP contribution >= 0.6 is 0 Å². The van der Waals surface area contributed by atoms with E-state index < -0.39 is 121 Å². The molecule has 3 aromatic carbocycles. The molecule has 26 heteroatoms. The van der Waals surface area contributed by atoms with Crippen LogP contribution in [-0.4, -0.2) is 156 Å². The largest absolute Gasteiger partial charge is 0.370 e. The first kappa shape index (κ1) is 83.6. The summed E-state index contributed by atoms with van der Waals surface area (Å²) in [5, 5.41) is 24.0. The summed E-state index contributed by atoms with van der Waals surface area (Å²) in [6.45, 7) is 15.4. The lowest BCUT2D eigenvalue weighted by Crippen LogP contribution is -2.49. The summed E-state index contributed by atoms with van der Waals surface area (Å²) in [4.78, 5) is 162. The van der Waals surface area contributed by atoms with Crippen LogP contribution in [-0.2, 0) is 83.3 Å². The second-order valence-corrected chi connectivity index (χ2v) is 26.9. The molecule has 548 valence electrons. The van der Waals surface area contributed by atoms with Gasteiger partial charge in [-0.05, 0) is 84.2 Å². The van der Waals surface area contributed by atoms with Gasteiger partial charge in [-0.2, -0.15) is 0 Å². The maximum atomic E-state index is 14.7. The SMILES string of the molecule is C.CC(C)CC(CC(=O)[C@H](Cc1cnc[nH]1)NC(=O)CCC(=O)[C@@H](NC(=O)[C@H](C)CC(=O)[C@H](Cc1c[nH]c2ccccc12)NC(=O)[C@H](CCC(N)=O)CC(=O)[C@@H](Cc1ccccc1)NC(=O)COCC(=O)Nc1ccc(CNC(=O)C(CNCCN)CNCCN)cc1)C(C)C)CC(C)C. The van der Waals surface area contributed by atoms with E-state index in [9.17, 15) is 52.7 Å². The number of anilines is 1. The van der Waals surface area contributed by atoms with E-state index in [0.717, 1.165) is 29.3 Å². The molecule has 0 aliphatic heterocycles. The minimum atomic E-state index is -1.28. The van der Waals surface area contributed by atoms with Crippen LogP contribution in [0.1, 0.15) is 136 Å². The molecule has 0 radical (unpaired) electrons. The molecule has 0 saturated carbocycles. The van der Waals surface area contributed by atoms with Crippen molar-refractivity contribution in [2.24, 2.45) is 58.6 Å². The fraction of sp³-hybridized carbons (Fsp3) is 0.541. The van der Waals surface area contributed by atoms with E-state index >= 15 is 0 Å². The van der Waals surface area contributed by atoms with Crippen molar-refractivity contribution in [2.45, 2.75) is 164 Å². The van der Waals surface area contributed by atoms with E-state index in [4.69, 9.17) is 21.9 Å². The van der Waals surface area contributed by atoms with Crippen LogP contribution in [0.5, 0.6) is 0 Å². The molecule has 0 aliphatic rings. The van der Waals surface area contributed by atoms with E-state index in [2.05, 4.69) is 85.2 Å². The summed E-state index contributed by atoms with van der Waals surface area (Å²) >= 11 is 0. The van der Waals surface area contributed by atoms with Crippen molar-refractivity contribution in [2.75, 3.05) is 57.8 Å². The molecule has 16 N–H and O–H groups in total. The molecule has 0 spiro atoms. The molecule has 6 atom stereocenters. The summed E-state index contributed by atoms with van der Waals surface area (Å²) in [6, 6.07) is 18.5. The number of hydrogen-bond donors (Lipinski definition) is 13. The van der Waals surface area contributed by atoms with Gasteiger partial charge < -0.3 is 74.4 Å². The highest BCUT2D eigenvalue weighted by atomic mass is 16.5. The summed E-state index contributed by atoms with van der Waals surface area (Å²) in [5.74, 6) is -8.01. The number of benzene rings is 3. The predicted octanol–water partition coefficient (Wildman–Crippen LogP) is 4.59. The number of primary amides is 1. The molecule has 2 aromatic heterocycles. The molecule has 2 heterocycles. The molecule has 26 nitrogen and oxygen atoms in total. The van der Waals surface area contributed by atoms with E-state index in [0.29, 0.717) is 73.6 Å². The Morgan fingerprint density at radius 3 is 1.78 bits per heavy atom. The first-order valence-electron chi connectivity index (χ1n) is 34.5.